The molecule has 2 rings (SSSR count). The van der Waals surface area contributed by atoms with Gasteiger partial charge in [0.25, 0.3) is 5.91 Å². The van der Waals surface area contributed by atoms with Crippen molar-refractivity contribution in [3.63, 3.8) is 0 Å². The van der Waals surface area contributed by atoms with Crippen molar-refractivity contribution in [3.8, 4) is 0 Å². The van der Waals surface area contributed by atoms with E-state index in [1.54, 1.807) is 31.2 Å². The van der Waals surface area contributed by atoms with Gasteiger partial charge in [-0.2, -0.15) is 0 Å². The number of benzene rings is 1. The number of carbonyl (C=O) groups excluding carboxylic acids is 3. The molecule has 1 heterocycles. The second-order valence-corrected chi connectivity index (χ2v) is 4.95. The fourth-order valence-corrected chi connectivity index (χ4v) is 1.95. The molecule has 0 bridgehead atoms. The quantitative estimate of drug-likeness (QED) is 0.745. The summed E-state index contributed by atoms with van der Waals surface area (Å²) in [5.41, 5.74) is 6.45. The average Bonchev–Trinajstić information content (AvgIpc) is 2.92. The number of hydrazine groups is 1. The van der Waals surface area contributed by atoms with Crippen molar-refractivity contribution >= 4 is 23.4 Å². The van der Waals surface area contributed by atoms with E-state index in [0.717, 1.165) is 5.56 Å². The third-order valence-corrected chi connectivity index (χ3v) is 3.06. The Kier molecular flexibility index (Phi) is 5.14. The first kappa shape index (κ1) is 16.3. The summed E-state index contributed by atoms with van der Waals surface area (Å²) < 4.78 is 5.02. The number of rotatable bonds is 4. The zero-order valence-corrected chi connectivity index (χ0v) is 12.8. The van der Waals surface area contributed by atoms with Gasteiger partial charge < -0.3 is 9.73 Å². The summed E-state index contributed by atoms with van der Waals surface area (Å²) in [6.45, 7) is 3.08. The maximum Gasteiger partial charge on any atom is 0.273 e. The van der Waals surface area contributed by atoms with Crippen molar-refractivity contribution in [2.45, 2.75) is 20.3 Å². The maximum atomic E-state index is 11.8. The van der Waals surface area contributed by atoms with Crippen molar-refractivity contribution in [2.75, 3.05) is 5.32 Å². The van der Waals surface area contributed by atoms with Gasteiger partial charge in [-0.3, -0.25) is 25.2 Å². The summed E-state index contributed by atoms with van der Waals surface area (Å²) in [5, 5.41) is 2.64. The van der Waals surface area contributed by atoms with Crippen LogP contribution in [0.4, 0.5) is 5.69 Å². The highest BCUT2D eigenvalue weighted by Gasteiger charge is 2.12. The third-order valence-electron chi connectivity index (χ3n) is 3.06. The van der Waals surface area contributed by atoms with Crippen molar-refractivity contribution in [1.82, 2.24) is 10.9 Å². The van der Waals surface area contributed by atoms with Gasteiger partial charge in [-0.15, -0.1) is 0 Å². The van der Waals surface area contributed by atoms with E-state index in [4.69, 9.17) is 4.42 Å². The first-order valence-corrected chi connectivity index (χ1v) is 6.95. The molecule has 3 amide bonds. The molecule has 120 valence electrons. The Labute approximate surface area is 133 Å². The molecule has 7 nitrogen and oxygen atoms in total. The molecule has 0 radical (unpaired) electrons. The Bertz CT molecular complexity index is 719. The van der Waals surface area contributed by atoms with Crippen LogP contribution in [-0.4, -0.2) is 17.7 Å². The van der Waals surface area contributed by atoms with E-state index in [1.165, 1.54) is 19.3 Å². The van der Waals surface area contributed by atoms with Gasteiger partial charge in [-0.1, -0.05) is 12.1 Å². The second-order valence-electron chi connectivity index (χ2n) is 4.95. The van der Waals surface area contributed by atoms with Crippen LogP contribution in [-0.2, 0) is 16.0 Å². The molecule has 0 unspecified atom stereocenters. The lowest BCUT2D eigenvalue weighted by Crippen LogP contribution is -2.42. The Balaban J connectivity index is 1.84. The highest BCUT2D eigenvalue weighted by Crippen LogP contribution is 2.10. The topological polar surface area (TPSA) is 100 Å². The molecule has 1 aromatic heterocycles. The monoisotopic (exact) mass is 315 g/mol. The van der Waals surface area contributed by atoms with E-state index < -0.39 is 5.91 Å². The Morgan fingerprint density at radius 2 is 1.74 bits per heavy atom. The second kappa shape index (κ2) is 7.26. The van der Waals surface area contributed by atoms with Gasteiger partial charge in [0.15, 0.2) is 0 Å². The van der Waals surface area contributed by atoms with E-state index in [1.807, 2.05) is 0 Å². The fraction of sp³-hybridized carbons (Fsp3) is 0.188. The largest absolute Gasteiger partial charge is 0.469 e. The van der Waals surface area contributed by atoms with Gasteiger partial charge in [-0.25, -0.2) is 0 Å². The molecule has 3 N–H and O–H groups in total. The van der Waals surface area contributed by atoms with Crippen LogP contribution in [0.2, 0.25) is 0 Å². The molecule has 0 fully saturated rings. The molecule has 2 aromatic rings. The fourth-order valence-electron chi connectivity index (χ4n) is 1.95. The predicted octanol–water partition coefficient (Wildman–Crippen LogP) is 1.55. The smallest absolute Gasteiger partial charge is 0.273 e. The summed E-state index contributed by atoms with van der Waals surface area (Å²) in [6.07, 6.45) is 1.51. The van der Waals surface area contributed by atoms with Gasteiger partial charge >= 0.3 is 0 Å². The van der Waals surface area contributed by atoms with E-state index in [0.29, 0.717) is 17.0 Å². The van der Waals surface area contributed by atoms with Crippen LogP contribution in [0.25, 0.3) is 0 Å². The molecule has 0 spiro atoms. The van der Waals surface area contributed by atoms with Crippen LogP contribution in [0.3, 0.4) is 0 Å². The van der Waals surface area contributed by atoms with Gasteiger partial charge in [-0.05, 0) is 30.7 Å². The molecule has 0 aliphatic rings. The zero-order valence-electron chi connectivity index (χ0n) is 12.8. The van der Waals surface area contributed by atoms with Crippen LogP contribution in [0, 0.1) is 6.92 Å². The van der Waals surface area contributed by atoms with Gasteiger partial charge in [0.05, 0.1) is 18.2 Å². The molecule has 7 heteroatoms. The SMILES string of the molecule is CC(=O)Nc1ccc(CC(=O)NNC(=O)c2ccoc2C)cc1. The van der Waals surface area contributed by atoms with Crippen molar-refractivity contribution in [2.24, 2.45) is 0 Å². The minimum Gasteiger partial charge on any atom is -0.469 e. The number of anilines is 1. The van der Waals surface area contributed by atoms with Crippen molar-refractivity contribution in [3.05, 3.63) is 53.5 Å². The summed E-state index contributed by atoms with van der Waals surface area (Å²) in [6, 6.07) is 8.40. The molecule has 0 saturated carbocycles. The normalized spacial score (nSPS) is 10.0. The van der Waals surface area contributed by atoms with Crippen LogP contribution < -0.4 is 16.2 Å². The molecule has 23 heavy (non-hydrogen) atoms. The Morgan fingerprint density at radius 3 is 2.30 bits per heavy atom. The number of hydrogen-bond acceptors (Lipinski definition) is 4. The van der Waals surface area contributed by atoms with E-state index >= 15 is 0 Å². The zero-order chi connectivity index (χ0) is 16.8. The number of aryl methyl sites for hydroxylation is 1. The van der Waals surface area contributed by atoms with Crippen molar-refractivity contribution in [1.29, 1.82) is 0 Å². The average molecular weight is 315 g/mol. The number of carbonyl (C=O) groups is 3. The van der Waals surface area contributed by atoms with Gasteiger partial charge in [0.1, 0.15) is 5.76 Å². The lowest BCUT2D eigenvalue weighted by molar-refractivity contribution is -0.121. The molecular weight excluding hydrogens is 298 g/mol. The van der Waals surface area contributed by atoms with Crippen molar-refractivity contribution < 1.29 is 18.8 Å². The number of amides is 3. The number of hydrogen-bond donors (Lipinski definition) is 3. The van der Waals surface area contributed by atoms with Crippen LogP contribution in [0.1, 0.15) is 28.6 Å². The Hall–Kier alpha value is -3.09. The van der Waals surface area contributed by atoms with Crippen LogP contribution in [0.5, 0.6) is 0 Å². The van der Waals surface area contributed by atoms with Gasteiger partial charge in [0.2, 0.25) is 11.8 Å². The highest BCUT2D eigenvalue weighted by molar-refractivity contribution is 5.96. The molecule has 0 aliphatic heterocycles. The van der Waals surface area contributed by atoms with Crippen LogP contribution in [0.15, 0.2) is 41.0 Å². The lowest BCUT2D eigenvalue weighted by Gasteiger charge is -2.07. The maximum absolute atomic E-state index is 11.8. The standard InChI is InChI=1S/C16H17N3O4/c1-10-14(7-8-23-10)16(22)19-18-15(21)9-12-3-5-13(6-4-12)17-11(2)20/h3-8H,9H2,1-2H3,(H,17,20)(H,18,21)(H,19,22). The first-order chi connectivity index (χ1) is 11.0. The Morgan fingerprint density at radius 1 is 1.04 bits per heavy atom. The van der Waals surface area contributed by atoms with Crippen LogP contribution >= 0.6 is 0 Å². The van der Waals surface area contributed by atoms with E-state index in [9.17, 15) is 14.4 Å². The molecule has 1 aromatic carbocycles. The summed E-state index contributed by atoms with van der Waals surface area (Å²) in [7, 11) is 0. The first-order valence-electron chi connectivity index (χ1n) is 6.95. The molecule has 0 aliphatic carbocycles. The molecule has 0 atom stereocenters. The lowest BCUT2D eigenvalue weighted by atomic mass is 10.1. The predicted molar refractivity (Wildman–Crippen MR) is 83.5 cm³/mol. The minimum atomic E-state index is -0.439. The van der Waals surface area contributed by atoms with E-state index in [2.05, 4.69) is 16.2 Å². The minimum absolute atomic E-state index is 0.102. The number of nitrogens with one attached hydrogen (secondary N) is 3. The third kappa shape index (κ3) is 4.70. The van der Waals surface area contributed by atoms with E-state index in [-0.39, 0.29) is 18.2 Å². The summed E-state index contributed by atoms with van der Waals surface area (Å²) in [5.74, 6) is -0.476. The van der Waals surface area contributed by atoms with Gasteiger partial charge in [0, 0.05) is 12.6 Å². The molecular formula is C16H17N3O4. The highest BCUT2D eigenvalue weighted by atomic mass is 16.3. The summed E-state index contributed by atoms with van der Waals surface area (Å²) in [4.78, 5) is 34.5. The summed E-state index contributed by atoms with van der Waals surface area (Å²) >= 11 is 0. The molecule has 0 saturated heterocycles. The number of furan rings is 1.